The first-order chi connectivity index (χ1) is 9.11. The number of hydrogen-bond acceptors (Lipinski definition) is 2. The highest BCUT2D eigenvalue weighted by atomic mass is 32.2. The first-order valence-electron chi connectivity index (χ1n) is 7.33. The van der Waals surface area contributed by atoms with Crippen molar-refractivity contribution in [2.75, 3.05) is 6.54 Å². The first-order valence-corrected chi connectivity index (χ1v) is 8.54. The summed E-state index contributed by atoms with van der Waals surface area (Å²) in [7, 11) is -0.847. The summed E-state index contributed by atoms with van der Waals surface area (Å²) in [4.78, 5) is 1.04. The van der Waals surface area contributed by atoms with Crippen molar-refractivity contribution >= 4 is 10.8 Å². The molecule has 0 saturated heterocycles. The van der Waals surface area contributed by atoms with Gasteiger partial charge in [0.25, 0.3) is 0 Å². The predicted molar refractivity (Wildman–Crippen MR) is 82.0 cm³/mol. The normalized spacial score (nSPS) is 24.6. The predicted octanol–water partition coefficient (Wildman–Crippen LogP) is 3.33. The van der Waals surface area contributed by atoms with Crippen molar-refractivity contribution in [1.82, 2.24) is 5.32 Å². The van der Waals surface area contributed by atoms with E-state index in [9.17, 15) is 4.21 Å². The van der Waals surface area contributed by atoms with E-state index in [1.54, 1.807) is 0 Å². The van der Waals surface area contributed by atoms with Crippen LogP contribution in [0.2, 0.25) is 0 Å². The van der Waals surface area contributed by atoms with Crippen LogP contribution in [0.25, 0.3) is 0 Å². The third-order valence-electron chi connectivity index (χ3n) is 3.93. The van der Waals surface area contributed by atoms with Gasteiger partial charge in [0.15, 0.2) is 0 Å². The minimum atomic E-state index is -0.847. The Balaban J connectivity index is 2.03. The summed E-state index contributed by atoms with van der Waals surface area (Å²) < 4.78 is 12.7. The molecular weight excluding hydrogens is 254 g/mol. The summed E-state index contributed by atoms with van der Waals surface area (Å²) in [5, 5.41) is 3.89. The van der Waals surface area contributed by atoms with Gasteiger partial charge in [0.05, 0.1) is 10.8 Å². The van der Waals surface area contributed by atoms with Crippen molar-refractivity contribution in [3.63, 3.8) is 0 Å². The maximum Gasteiger partial charge on any atom is 0.0564 e. The van der Waals surface area contributed by atoms with E-state index in [1.165, 1.54) is 18.4 Å². The van der Waals surface area contributed by atoms with Gasteiger partial charge in [-0.15, -0.1) is 0 Å². The molecule has 106 valence electrons. The van der Waals surface area contributed by atoms with E-state index < -0.39 is 10.8 Å². The summed E-state index contributed by atoms with van der Waals surface area (Å²) >= 11 is 0. The molecule has 1 fully saturated rings. The first kappa shape index (κ1) is 14.7. The van der Waals surface area contributed by atoms with E-state index in [0.717, 1.165) is 29.8 Å². The second-order valence-corrected chi connectivity index (χ2v) is 7.35. The van der Waals surface area contributed by atoms with Crippen LogP contribution in [0.4, 0.5) is 0 Å². The fourth-order valence-electron chi connectivity index (χ4n) is 2.77. The Kier molecular flexibility index (Phi) is 5.17. The fourth-order valence-corrected chi connectivity index (χ4v) is 4.58. The lowest BCUT2D eigenvalue weighted by Crippen LogP contribution is -2.28. The topological polar surface area (TPSA) is 29.1 Å². The highest BCUT2D eigenvalue weighted by Gasteiger charge is 2.29. The molecule has 1 N–H and O–H groups in total. The lowest BCUT2D eigenvalue weighted by molar-refractivity contribution is 0.523. The Hall–Kier alpha value is -0.670. The van der Waals surface area contributed by atoms with Crippen LogP contribution in [0.3, 0.4) is 0 Å². The third-order valence-corrected chi connectivity index (χ3v) is 5.84. The molecule has 3 unspecified atom stereocenters. The van der Waals surface area contributed by atoms with E-state index in [4.69, 9.17) is 0 Å². The summed E-state index contributed by atoms with van der Waals surface area (Å²) in [6, 6.07) is 6.85. The molecule has 0 radical (unpaired) electrons. The highest BCUT2D eigenvalue weighted by molar-refractivity contribution is 7.85. The summed E-state index contributed by atoms with van der Waals surface area (Å²) in [6.07, 6.45) is 4.48. The molecule has 0 bridgehead atoms. The zero-order valence-electron chi connectivity index (χ0n) is 12.2. The van der Waals surface area contributed by atoms with Gasteiger partial charge in [-0.3, -0.25) is 4.21 Å². The molecule has 1 aliphatic rings. The zero-order valence-corrected chi connectivity index (χ0v) is 13.1. The van der Waals surface area contributed by atoms with Crippen molar-refractivity contribution in [3.8, 4) is 0 Å². The largest absolute Gasteiger partial charge is 0.314 e. The highest BCUT2D eigenvalue weighted by Crippen LogP contribution is 2.29. The third kappa shape index (κ3) is 3.67. The second-order valence-electron chi connectivity index (χ2n) is 5.65. The molecule has 19 heavy (non-hydrogen) atoms. The lowest BCUT2D eigenvalue weighted by atomic mass is 10.2. The van der Waals surface area contributed by atoms with Crippen LogP contribution < -0.4 is 5.32 Å². The number of hydrogen-bond donors (Lipinski definition) is 1. The van der Waals surface area contributed by atoms with Crippen molar-refractivity contribution in [2.24, 2.45) is 0 Å². The quantitative estimate of drug-likeness (QED) is 0.895. The average molecular weight is 279 g/mol. The fraction of sp³-hybridized carbons (Fsp3) is 0.625. The zero-order chi connectivity index (χ0) is 13.8. The summed E-state index contributed by atoms with van der Waals surface area (Å²) in [5.74, 6) is 0. The molecule has 0 heterocycles. The van der Waals surface area contributed by atoms with Crippen LogP contribution >= 0.6 is 0 Å². The molecule has 0 spiro atoms. The Bertz CT molecular complexity index is 458. The molecule has 0 aliphatic heterocycles. The summed E-state index contributed by atoms with van der Waals surface area (Å²) in [6.45, 7) is 7.40. The molecule has 1 aromatic rings. The van der Waals surface area contributed by atoms with Crippen LogP contribution in [-0.2, 0) is 10.8 Å². The van der Waals surface area contributed by atoms with Crippen LogP contribution in [0.1, 0.15) is 43.7 Å². The standard InChI is InChI=1S/C16H25NOS/c1-4-9-17-14-7-8-15(11-14)19(18)16-10-12(2)5-6-13(16)3/h5-6,10,14-15,17H,4,7-9,11H2,1-3H3. The molecular formula is C16H25NOS. The lowest BCUT2D eigenvalue weighted by Gasteiger charge is -2.14. The number of rotatable bonds is 5. The maximum atomic E-state index is 12.7. The van der Waals surface area contributed by atoms with Gasteiger partial charge in [-0.25, -0.2) is 0 Å². The number of nitrogens with one attached hydrogen (secondary N) is 1. The Labute approximate surface area is 119 Å². The molecule has 2 rings (SSSR count). The number of aryl methyl sites for hydroxylation is 2. The molecule has 1 saturated carbocycles. The van der Waals surface area contributed by atoms with Gasteiger partial charge >= 0.3 is 0 Å². The van der Waals surface area contributed by atoms with Gasteiger partial charge in [-0.1, -0.05) is 19.1 Å². The van der Waals surface area contributed by atoms with Crippen LogP contribution in [0, 0.1) is 13.8 Å². The van der Waals surface area contributed by atoms with Crippen molar-refractivity contribution < 1.29 is 4.21 Å². The molecule has 3 atom stereocenters. The monoisotopic (exact) mass is 279 g/mol. The van der Waals surface area contributed by atoms with E-state index in [0.29, 0.717) is 11.3 Å². The summed E-state index contributed by atoms with van der Waals surface area (Å²) in [5.41, 5.74) is 2.36. The molecule has 1 aliphatic carbocycles. The van der Waals surface area contributed by atoms with Crippen LogP contribution in [0.15, 0.2) is 23.1 Å². The van der Waals surface area contributed by atoms with E-state index in [2.05, 4.69) is 44.3 Å². The van der Waals surface area contributed by atoms with Crippen molar-refractivity contribution in [3.05, 3.63) is 29.3 Å². The molecule has 1 aromatic carbocycles. The minimum Gasteiger partial charge on any atom is -0.314 e. The van der Waals surface area contributed by atoms with Gasteiger partial charge in [0.2, 0.25) is 0 Å². The maximum absolute atomic E-state index is 12.7. The van der Waals surface area contributed by atoms with Gasteiger partial charge in [0.1, 0.15) is 0 Å². The Morgan fingerprint density at radius 1 is 1.32 bits per heavy atom. The molecule has 2 nitrogen and oxygen atoms in total. The Morgan fingerprint density at radius 2 is 2.11 bits per heavy atom. The molecule has 0 amide bonds. The average Bonchev–Trinajstić information content (AvgIpc) is 2.87. The van der Waals surface area contributed by atoms with Gasteiger partial charge in [0, 0.05) is 16.2 Å². The van der Waals surface area contributed by atoms with E-state index in [-0.39, 0.29) is 0 Å². The Morgan fingerprint density at radius 3 is 2.84 bits per heavy atom. The SMILES string of the molecule is CCCNC1CCC(S(=O)c2cc(C)ccc2C)C1. The molecule has 3 heteroatoms. The smallest absolute Gasteiger partial charge is 0.0564 e. The van der Waals surface area contributed by atoms with Gasteiger partial charge in [-0.05, 0) is 63.3 Å². The minimum absolute atomic E-state index is 0.329. The van der Waals surface area contributed by atoms with Crippen LogP contribution in [0.5, 0.6) is 0 Å². The van der Waals surface area contributed by atoms with Crippen molar-refractivity contribution in [2.45, 2.75) is 62.6 Å². The van der Waals surface area contributed by atoms with Gasteiger partial charge in [-0.2, -0.15) is 0 Å². The number of benzene rings is 1. The van der Waals surface area contributed by atoms with E-state index >= 15 is 0 Å². The van der Waals surface area contributed by atoms with Crippen molar-refractivity contribution in [1.29, 1.82) is 0 Å². The van der Waals surface area contributed by atoms with Crippen LogP contribution in [-0.4, -0.2) is 22.0 Å². The molecule has 0 aromatic heterocycles. The second kappa shape index (κ2) is 6.67. The van der Waals surface area contributed by atoms with Gasteiger partial charge < -0.3 is 5.32 Å². The van der Waals surface area contributed by atoms with E-state index in [1.807, 2.05) is 0 Å².